The Hall–Kier alpha value is -2.76. The zero-order valence-electron chi connectivity index (χ0n) is 13.1. The number of nitrogens with zero attached hydrogens (tertiary/aromatic N) is 3. The minimum absolute atomic E-state index is 0.0960. The largest absolute Gasteiger partial charge is 0.464 e. The summed E-state index contributed by atoms with van der Waals surface area (Å²) >= 11 is 0. The van der Waals surface area contributed by atoms with Gasteiger partial charge in [-0.05, 0) is 24.1 Å². The van der Waals surface area contributed by atoms with Crippen LogP contribution < -0.4 is 0 Å². The fourth-order valence-electron chi connectivity index (χ4n) is 2.60. The molecule has 0 aromatic carbocycles. The molecular formula is C17H16FN3O2. The zero-order valence-corrected chi connectivity index (χ0v) is 13.1. The van der Waals surface area contributed by atoms with E-state index in [1.54, 1.807) is 28.8 Å². The van der Waals surface area contributed by atoms with Gasteiger partial charge in [0.25, 0.3) is 0 Å². The molecule has 0 unspecified atom stereocenters. The first-order valence-electron chi connectivity index (χ1n) is 7.23. The van der Waals surface area contributed by atoms with Crippen LogP contribution in [0.1, 0.15) is 35.9 Å². The maximum absolute atomic E-state index is 13.6. The Kier molecular flexibility index (Phi) is 3.82. The summed E-state index contributed by atoms with van der Waals surface area (Å²) < 4.78 is 20.2. The molecule has 0 N–H and O–H groups in total. The summed E-state index contributed by atoms with van der Waals surface area (Å²) in [6.45, 7) is 3.99. The van der Waals surface area contributed by atoms with E-state index >= 15 is 0 Å². The summed E-state index contributed by atoms with van der Waals surface area (Å²) in [4.78, 5) is 20.6. The lowest BCUT2D eigenvalue weighted by Crippen LogP contribution is -2.09. The third kappa shape index (κ3) is 2.56. The van der Waals surface area contributed by atoms with E-state index in [1.807, 2.05) is 13.8 Å². The predicted octanol–water partition coefficient (Wildman–Crippen LogP) is 3.45. The van der Waals surface area contributed by atoms with Crippen molar-refractivity contribution in [1.29, 1.82) is 0 Å². The third-order valence-corrected chi connectivity index (χ3v) is 3.59. The number of imidazole rings is 1. The lowest BCUT2D eigenvalue weighted by Gasteiger charge is -2.10. The van der Waals surface area contributed by atoms with Gasteiger partial charge in [-0.1, -0.05) is 19.9 Å². The van der Waals surface area contributed by atoms with Crippen molar-refractivity contribution in [1.82, 2.24) is 14.4 Å². The first kappa shape index (κ1) is 15.1. The number of hydrogen-bond acceptors (Lipinski definition) is 4. The lowest BCUT2D eigenvalue weighted by molar-refractivity contribution is 0.0592. The highest BCUT2D eigenvalue weighted by Crippen LogP contribution is 2.31. The van der Waals surface area contributed by atoms with E-state index in [4.69, 9.17) is 4.74 Å². The highest BCUT2D eigenvalue weighted by Gasteiger charge is 2.21. The molecule has 3 rings (SSSR count). The van der Waals surface area contributed by atoms with Crippen molar-refractivity contribution in [3.05, 3.63) is 53.9 Å². The molecule has 3 aromatic rings. The molecule has 0 aliphatic carbocycles. The number of rotatable bonds is 3. The van der Waals surface area contributed by atoms with Crippen LogP contribution in [-0.4, -0.2) is 27.4 Å². The summed E-state index contributed by atoms with van der Waals surface area (Å²) in [6, 6.07) is 6.58. The number of fused-ring (bicyclic) bond motifs is 1. The van der Waals surface area contributed by atoms with Gasteiger partial charge in [0, 0.05) is 11.8 Å². The maximum atomic E-state index is 13.6. The number of aromatic nitrogens is 3. The number of ether oxygens (including phenoxy) is 1. The molecular weight excluding hydrogens is 297 g/mol. The van der Waals surface area contributed by atoms with Crippen molar-refractivity contribution >= 4 is 11.6 Å². The normalized spacial score (nSPS) is 11.2. The van der Waals surface area contributed by atoms with Crippen molar-refractivity contribution in [2.24, 2.45) is 0 Å². The molecule has 118 valence electrons. The minimum atomic E-state index is -0.478. The van der Waals surface area contributed by atoms with Crippen molar-refractivity contribution in [3.8, 4) is 11.3 Å². The number of methoxy groups -OCH3 is 1. The van der Waals surface area contributed by atoms with Crippen LogP contribution in [-0.2, 0) is 4.74 Å². The van der Waals surface area contributed by atoms with Crippen LogP contribution in [0.4, 0.5) is 4.39 Å². The van der Waals surface area contributed by atoms with Gasteiger partial charge in [-0.2, -0.15) is 0 Å². The number of pyridine rings is 2. The third-order valence-electron chi connectivity index (χ3n) is 3.59. The molecule has 0 saturated carbocycles. The van der Waals surface area contributed by atoms with Gasteiger partial charge in [0.15, 0.2) is 0 Å². The van der Waals surface area contributed by atoms with Gasteiger partial charge in [-0.3, -0.25) is 9.38 Å². The molecule has 0 radical (unpaired) electrons. The Morgan fingerprint density at radius 1 is 1.30 bits per heavy atom. The van der Waals surface area contributed by atoms with Gasteiger partial charge in [-0.25, -0.2) is 14.2 Å². The van der Waals surface area contributed by atoms with E-state index < -0.39 is 11.8 Å². The fraction of sp³-hybridized carbons (Fsp3) is 0.235. The van der Waals surface area contributed by atoms with Gasteiger partial charge in [0.2, 0.25) is 0 Å². The van der Waals surface area contributed by atoms with Crippen molar-refractivity contribution in [2.75, 3.05) is 7.11 Å². The molecule has 0 atom stereocenters. The molecule has 0 spiro atoms. The van der Waals surface area contributed by atoms with Crippen LogP contribution in [0.3, 0.4) is 0 Å². The molecule has 0 fully saturated rings. The molecule has 5 nitrogen and oxygen atoms in total. The summed E-state index contributed by atoms with van der Waals surface area (Å²) in [7, 11) is 1.32. The van der Waals surface area contributed by atoms with Gasteiger partial charge >= 0.3 is 5.97 Å². The average molecular weight is 313 g/mol. The van der Waals surface area contributed by atoms with Crippen molar-refractivity contribution in [2.45, 2.75) is 19.8 Å². The molecule has 6 heteroatoms. The van der Waals surface area contributed by atoms with Crippen LogP contribution in [0.5, 0.6) is 0 Å². The van der Waals surface area contributed by atoms with Crippen LogP contribution in [0.2, 0.25) is 0 Å². The Morgan fingerprint density at radius 2 is 2.09 bits per heavy atom. The second kappa shape index (κ2) is 5.79. The average Bonchev–Trinajstić information content (AvgIpc) is 2.93. The number of esters is 1. The van der Waals surface area contributed by atoms with Gasteiger partial charge < -0.3 is 4.74 Å². The zero-order chi connectivity index (χ0) is 16.6. The SMILES string of the molecule is COC(=O)c1cccc2nc(C(C)C)c(-c3cncc(F)c3)n12. The Morgan fingerprint density at radius 3 is 2.74 bits per heavy atom. The highest BCUT2D eigenvalue weighted by atomic mass is 19.1. The van der Waals surface area contributed by atoms with Crippen LogP contribution >= 0.6 is 0 Å². The molecule has 23 heavy (non-hydrogen) atoms. The number of carbonyl (C=O) groups is 1. The summed E-state index contributed by atoms with van der Waals surface area (Å²) in [5, 5.41) is 0. The number of halogens is 1. The topological polar surface area (TPSA) is 56.5 Å². The molecule has 3 heterocycles. The summed E-state index contributed by atoms with van der Waals surface area (Å²) in [5.74, 6) is -0.824. The van der Waals surface area contributed by atoms with Crippen molar-refractivity contribution in [3.63, 3.8) is 0 Å². The molecule has 0 amide bonds. The first-order valence-corrected chi connectivity index (χ1v) is 7.23. The quantitative estimate of drug-likeness (QED) is 0.695. The monoisotopic (exact) mass is 313 g/mol. The molecule has 0 aliphatic heterocycles. The molecule has 0 bridgehead atoms. The van der Waals surface area contributed by atoms with E-state index in [0.29, 0.717) is 22.6 Å². The second-order valence-corrected chi connectivity index (χ2v) is 5.49. The number of hydrogen-bond donors (Lipinski definition) is 0. The van der Waals surface area contributed by atoms with E-state index in [1.165, 1.54) is 13.2 Å². The van der Waals surface area contributed by atoms with E-state index in [0.717, 1.165) is 11.9 Å². The van der Waals surface area contributed by atoms with Crippen LogP contribution in [0, 0.1) is 5.82 Å². The van der Waals surface area contributed by atoms with Gasteiger partial charge in [0.1, 0.15) is 17.2 Å². The Labute approximate surface area is 132 Å². The molecule has 0 aliphatic rings. The molecule has 3 aromatic heterocycles. The summed E-state index contributed by atoms with van der Waals surface area (Å²) in [5.41, 5.74) is 2.94. The highest BCUT2D eigenvalue weighted by molar-refractivity contribution is 5.89. The first-order chi connectivity index (χ1) is 11.0. The number of carbonyl (C=O) groups excluding carboxylic acids is 1. The van der Waals surface area contributed by atoms with Gasteiger partial charge in [-0.15, -0.1) is 0 Å². The van der Waals surface area contributed by atoms with E-state index in [9.17, 15) is 9.18 Å². The standard InChI is InChI=1S/C17H16FN3O2/c1-10(2)15-16(11-7-12(18)9-19-8-11)21-13(17(22)23-3)5-4-6-14(21)20-15/h4-10H,1-3H3. The lowest BCUT2D eigenvalue weighted by atomic mass is 10.0. The van der Waals surface area contributed by atoms with Crippen LogP contribution in [0.15, 0.2) is 36.7 Å². The predicted molar refractivity (Wildman–Crippen MR) is 83.8 cm³/mol. The van der Waals surface area contributed by atoms with Crippen LogP contribution in [0.25, 0.3) is 16.9 Å². The van der Waals surface area contributed by atoms with E-state index in [-0.39, 0.29) is 5.92 Å². The van der Waals surface area contributed by atoms with Gasteiger partial charge in [0.05, 0.1) is 24.7 Å². The smallest absolute Gasteiger partial charge is 0.355 e. The maximum Gasteiger partial charge on any atom is 0.355 e. The summed E-state index contributed by atoms with van der Waals surface area (Å²) in [6.07, 6.45) is 2.70. The molecule has 0 saturated heterocycles. The van der Waals surface area contributed by atoms with E-state index in [2.05, 4.69) is 9.97 Å². The minimum Gasteiger partial charge on any atom is -0.464 e. The second-order valence-electron chi connectivity index (χ2n) is 5.49. The Balaban J connectivity index is 2.41. The van der Waals surface area contributed by atoms with Crippen molar-refractivity contribution < 1.29 is 13.9 Å². The fourth-order valence-corrected chi connectivity index (χ4v) is 2.60. The Bertz CT molecular complexity index is 887.